The first-order valence-electron chi connectivity index (χ1n) is 6.04. The lowest BCUT2D eigenvalue weighted by molar-refractivity contribution is 0.318. The fourth-order valence-corrected chi connectivity index (χ4v) is 2.83. The van der Waals surface area contributed by atoms with Gasteiger partial charge in [-0.15, -0.1) is 11.8 Å². The van der Waals surface area contributed by atoms with Crippen LogP contribution in [0.2, 0.25) is 5.02 Å². The number of benzene rings is 1. The molecule has 5 nitrogen and oxygen atoms in total. The fraction of sp³-hybridized carbons (Fsp3) is 0.231. The van der Waals surface area contributed by atoms with Gasteiger partial charge in [-0.05, 0) is 24.8 Å². The van der Waals surface area contributed by atoms with Crippen LogP contribution in [0.25, 0.3) is 5.69 Å². The quantitative estimate of drug-likeness (QED) is 0.299. The average molecular weight is 311 g/mol. The largest absolute Gasteiger partial charge is 0.409 e. The smallest absolute Gasteiger partial charge is 0.173 e. The molecule has 0 radical (unpaired) electrons. The molecular formula is C13H15ClN4OS. The molecule has 0 saturated heterocycles. The summed E-state index contributed by atoms with van der Waals surface area (Å²) in [6, 6.07) is 5.70. The number of aromatic nitrogens is 2. The molecule has 1 aromatic carbocycles. The van der Waals surface area contributed by atoms with Crippen LogP contribution >= 0.6 is 23.4 Å². The molecule has 20 heavy (non-hydrogen) atoms. The van der Waals surface area contributed by atoms with Crippen LogP contribution in [0.5, 0.6) is 0 Å². The van der Waals surface area contributed by atoms with E-state index >= 15 is 0 Å². The molecule has 3 N–H and O–H groups in total. The lowest BCUT2D eigenvalue weighted by Crippen LogP contribution is -2.18. The van der Waals surface area contributed by atoms with Crippen LogP contribution < -0.4 is 5.73 Å². The molecule has 0 saturated carbocycles. The van der Waals surface area contributed by atoms with Crippen molar-refractivity contribution in [2.45, 2.75) is 18.7 Å². The zero-order chi connectivity index (χ0) is 14.7. The van der Waals surface area contributed by atoms with Crippen molar-refractivity contribution in [3.8, 4) is 5.69 Å². The highest BCUT2D eigenvalue weighted by molar-refractivity contribution is 7.99. The van der Waals surface area contributed by atoms with Crippen molar-refractivity contribution >= 4 is 29.2 Å². The summed E-state index contributed by atoms with van der Waals surface area (Å²) in [5, 5.41) is 17.0. The van der Waals surface area contributed by atoms with E-state index < -0.39 is 0 Å². The Balaban J connectivity index is 2.65. The highest BCUT2D eigenvalue weighted by Crippen LogP contribution is 2.28. The van der Waals surface area contributed by atoms with Crippen molar-refractivity contribution in [2.75, 3.05) is 5.75 Å². The van der Waals surface area contributed by atoms with Gasteiger partial charge in [-0.2, -0.15) is 5.10 Å². The molecule has 0 unspecified atom stereocenters. The van der Waals surface area contributed by atoms with Gasteiger partial charge in [0.1, 0.15) is 0 Å². The molecule has 0 amide bonds. The minimum Gasteiger partial charge on any atom is -0.409 e. The van der Waals surface area contributed by atoms with Crippen LogP contribution in [0.4, 0.5) is 0 Å². The van der Waals surface area contributed by atoms with Gasteiger partial charge >= 0.3 is 0 Å². The number of hydrogen-bond donors (Lipinski definition) is 2. The molecule has 2 aromatic rings. The van der Waals surface area contributed by atoms with Crippen molar-refractivity contribution in [1.29, 1.82) is 0 Å². The molecule has 7 heteroatoms. The van der Waals surface area contributed by atoms with Crippen molar-refractivity contribution in [1.82, 2.24) is 9.78 Å². The highest BCUT2D eigenvalue weighted by Gasteiger charge is 2.16. The van der Waals surface area contributed by atoms with Crippen molar-refractivity contribution < 1.29 is 5.21 Å². The molecule has 106 valence electrons. The van der Waals surface area contributed by atoms with Gasteiger partial charge in [-0.1, -0.05) is 29.7 Å². The normalized spacial score (nSPS) is 11.8. The van der Waals surface area contributed by atoms with Crippen LogP contribution in [0, 0.1) is 6.92 Å². The second-order valence-electron chi connectivity index (χ2n) is 4.08. The number of nitrogens with zero attached hydrogens (tertiary/aromatic N) is 3. The Morgan fingerprint density at radius 2 is 2.30 bits per heavy atom. The number of nitrogens with two attached hydrogens (primary N) is 1. The van der Waals surface area contributed by atoms with Crippen LogP contribution in [-0.2, 0) is 0 Å². The number of aryl methyl sites for hydroxylation is 1. The highest BCUT2D eigenvalue weighted by atomic mass is 35.5. The summed E-state index contributed by atoms with van der Waals surface area (Å²) in [6.45, 7) is 3.87. The minimum atomic E-state index is 0.0563. The average Bonchev–Trinajstić information content (AvgIpc) is 2.78. The molecule has 0 aliphatic heterocycles. The summed E-state index contributed by atoms with van der Waals surface area (Å²) in [4.78, 5) is 0.935. The summed E-state index contributed by atoms with van der Waals surface area (Å²) < 4.78 is 1.64. The van der Waals surface area contributed by atoms with Crippen molar-refractivity contribution in [2.24, 2.45) is 10.9 Å². The summed E-state index contributed by atoms with van der Waals surface area (Å²) in [6.07, 6.45) is 1.71. The van der Waals surface area contributed by atoms with Crippen molar-refractivity contribution in [3.05, 3.63) is 40.7 Å². The maximum atomic E-state index is 9.01. The monoisotopic (exact) mass is 310 g/mol. The lowest BCUT2D eigenvalue weighted by Gasteiger charge is -2.12. The summed E-state index contributed by atoms with van der Waals surface area (Å²) in [7, 11) is 0. The van der Waals surface area contributed by atoms with E-state index in [4.69, 9.17) is 22.5 Å². The van der Waals surface area contributed by atoms with Crippen LogP contribution in [0.1, 0.15) is 18.2 Å². The second-order valence-corrected chi connectivity index (χ2v) is 5.79. The molecule has 0 spiro atoms. The molecule has 0 atom stereocenters. The molecule has 0 fully saturated rings. The maximum absolute atomic E-state index is 9.01. The van der Waals surface area contributed by atoms with E-state index in [1.165, 1.54) is 0 Å². The van der Waals surface area contributed by atoms with Gasteiger partial charge in [0.05, 0.1) is 22.0 Å². The number of hydrogen-bond acceptors (Lipinski definition) is 4. The van der Waals surface area contributed by atoms with E-state index in [2.05, 4.69) is 10.3 Å². The van der Waals surface area contributed by atoms with Gasteiger partial charge < -0.3 is 10.9 Å². The minimum absolute atomic E-state index is 0.0563. The van der Waals surface area contributed by atoms with Crippen molar-refractivity contribution in [3.63, 3.8) is 0 Å². The predicted molar refractivity (Wildman–Crippen MR) is 82.2 cm³/mol. The van der Waals surface area contributed by atoms with E-state index in [0.29, 0.717) is 10.6 Å². The Kier molecular flexibility index (Phi) is 4.57. The van der Waals surface area contributed by atoms with Gasteiger partial charge in [0, 0.05) is 11.1 Å². The molecular weight excluding hydrogens is 296 g/mol. The molecule has 0 aliphatic carbocycles. The first-order chi connectivity index (χ1) is 9.58. The summed E-state index contributed by atoms with van der Waals surface area (Å²) in [5.74, 6) is 0.939. The number of halogens is 1. The third-order valence-corrected chi connectivity index (χ3v) is 4.06. The lowest BCUT2D eigenvalue weighted by atomic mass is 10.1. The predicted octanol–water partition coefficient (Wildman–Crippen LogP) is 3.04. The topological polar surface area (TPSA) is 76.4 Å². The van der Waals surface area contributed by atoms with Crippen LogP contribution in [0.3, 0.4) is 0 Å². The van der Waals surface area contributed by atoms with Gasteiger partial charge in [-0.3, -0.25) is 0 Å². The van der Waals surface area contributed by atoms with E-state index in [1.807, 2.05) is 32.0 Å². The van der Waals surface area contributed by atoms with E-state index in [-0.39, 0.29) is 5.84 Å². The maximum Gasteiger partial charge on any atom is 0.173 e. The van der Waals surface area contributed by atoms with Gasteiger partial charge in [-0.25, -0.2) is 4.68 Å². The summed E-state index contributed by atoms with van der Waals surface area (Å²) >= 11 is 7.67. The van der Waals surface area contributed by atoms with Gasteiger partial charge in [0.25, 0.3) is 0 Å². The second kappa shape index (κ2) is 6.19. The Morgan fingerprint density at radius 1 is 1.55 bits per heavy atom. The number of amidine groups is 1. The molecule has 0 bridgehead atoms. The zero-order valence-corrected chi connectivity index (χ0v) is 12.7. The Morgan fingerprint density at radius 3 is 2.85 bits per heavy atom. The molecule has 1 heterocycles. The standard InChI is InChI=1S/C13H15ClN4OS/c1-3-20-11-6-4-5-10(12(11)13(15)17-19)18-7-9(14)8(2)16-18/h4-7,19H,3H2,1-2H3,(H2,15,17). The molecule has 2 rings (SSSR count). The first-order valence-corrected chi connectivity index (χ1v) is 7.40. The van der Waals surface area contributed by atoms with Gasteiger partial charge in [0.15, 0.2) is 5.84 Å². The Labute approximate surface area is 126 Å². The number of thioether (sulfide) groups is 1. The van der Waals surface area contributed by atoms with E-state index in [9.17, 15) is 0 Å². The van der Waals surface area contributed by atoms with Gasteiger partial charge in [0.2, 0.25) is 0 Å². The van der Waals surface area contributed by atoms with Crippen LogP contribution in [0.15, 0.2) is 34.4 Å². The third-order valence-electron chi connectivity index (χ3n) is 2.75. The Bertz CT molecular complexity index is 634. The van der Waals surface area contributed by atoms with Crippen LogP contribution in [-0.4, -0.2) is 26.6 Å². The summed E-state index contributed by atoms with van der Waals surface area (Å²) in [5.41, 5.74) is 7.93. The van der Waals surface area contributed by atoms with E-state index in [1.54, 1.807) is 22.6 Å². The zero-order valence-electron chi connectivity index (χ0n) is 11.2. The molecule has 0 aliphatic rings. The number of rotatable bonds is 4. The first kappa shape index (κ1) is 14.7. The number of oxime groups is 1. The fourth-order valence-electron chi connectivity index (χ4n) is 1.86. The Hall–Kier alpha value is -1.66. The van der Waals surface area contributed by atoms with E-state index in [0.717, 1.165) is 22.0 Å². The SMILES string of the molecule is CCSc1cccc(-n2cc(Cl)c(C)n2)c1/C(N)=N/O. The third kappa shape index (κ3) is 2.76. The molecule has 1 aromatic heterocycles.